The highest BCUT2D eigenvalue weighted by atomic mass is 32.1. The molecule has 0 spiro atoms. The minimum absolute atomic E-state index is 0.797. The Labute approximate surface area is 160 Å². The number of aromatic nitrogens is 6. The quantitative estimate of drug-likeness (QED) is 0.540. The number of anilines is 2. The molecule has 5 rings (SSSR count). The van der Waals surface area contributed by atoms with Gasteiger partial charge in [0.2, 0.25) is 0 Å². The highest BCUT2D eigenvalue weighted by molar-refractivity contribution is 7.18. The molecule has 8 nitrogen and oxygen atoms in total. The molecule has 27 heavy (non-hydrogen) atoms. The number of thiophene rings is 1. The molecule has 0 saturated carbocycles. The molecule has 0 radical (unpaired) electrons. The van der Waals surface area contributed by atoms with Crippen LogP contribution in [0.25, 0.3) is 15.9 Å². The first-order chi connectivity index (χ1) is 13.2. The molecular formula is C18H20N8S. The van der Waals surface area contributed by atoms with Crippen molar-refractivity contribution in [2.75, 3.05) is 36.0 Å². The van der Waals surface area contributed by atoms with Gasteiger partial charge in [-0.05, 0) is 25.1 Å². The minimum atomic E-state index is 0.797. The van der Waals surface area contributed by atoms with Crippen LogP contribution >= 0.6 is 11.3 Å². The normalized spacial score (nSPS) is 15.2. The lowest BCUT2D eigenvalue weighted by Gasteiger charge is -2.36. The van der Waals surface area contributed by atoms with Crippen molar-refractivity contribution in [3.63, 3.8) is 0 Å². The predicted octanol–water partition coefficient (Wildman–Crippen LogP) is 2.33. The van der Waals surface area contributed by atoms with Gasteiger partial charge in [0.15, 0.2) is 11.5 Å². The Morgan fingerprint density at radius 2 is 1.85 bits per heavy atom. The second kappa shape index (κ2) is 6.41. The van der Waals surface area contributed by atoms with Gasteiger partial charge < -0.3 is 9.80 Å². The molecule has 0 bridgehead atoms. The maximum Gasteiger partial charge on any atom is 0.178 e. The van der Waals surface area contributed by atoms with Crippen LogP contribution in [0.15, 0.2) is 24.5 Å². The van der Waals surface area contributed by atoms with Crippen LogP contribution in [-0.2, 0) is 6.42 Å². The third kappa shape index (κ3) is 2.78. The van der Waals surface area contributed by atoms with E-state index in [1.807, 2.05) is 16.6 Å². The third-order valence-corrected chi connectivity index (χ3v) is 5.92. The number of nitrogens with zero attached hydrogens (tertiary/aromatic N) is 8. The largest absolute Gasteiger partial charge is 0.352 e. The number of hydrogen-bond donors (Lipinski definition) is 0. The summed E-state index contributed by atoms with van der Waals surface area (Å²) in [6.07, 6.45) is 2.49. The van der Waals surface area contributed by atoms with Crippen LogP contribution in [0.4, 0.5) is 11.6 Å². The van der Waals surface area contributed by atoms with Crippen molar-refractivity contribution in [1.29, 1.82) is 0 Å². The molecule has 4 aromatic rings. The summed E-state index contributed by atoms with van der Waals surface area (Å²) in [5, 5.41) is 14.3. The molecular weight excluding hydrogens is 360 g/mol. The average Bonchev–Trinajstić information content (AvgIpc) is 3.29. The van der Waals surface area contributed by atoms with Crippen LogP contribution in [-0.4, -0.2) is 56.0 Å². The maximum atomic E-state index is 4.76. The van der Waals surface area contributed by atoms with Gasteiger partial charge in [-0.25, -0.2) is 9.97 Å². The fourth-order valence-electron chi connectivity index (χ4n) is 3.58. The molecule has 5 heterocycles. The van der Waals surface area contributed by atoms with Crippen molar-refractivity contribution in [3.05, 3.63) is 35.2 Å². The second-order valence-corrected chi connectivity index (χ2v) is 7.91. The number of piperazine rings is 1. The molecule has 0 amide bonds. The third-order valence-electron chi connectivity index (χ3n) is 4.96. The molecule has 4 aromatic heterocycles. The highest BCUT2D eigenvalue weighted by Gasteiger charge is 2.22. The minimum Gasteiger partial charge on any atom is -0.352 e. The summed E-state index contributed by atoms with van der Waals surface area (Å²) in [6, 6.07) is 6.21. The molecule has 0 unspecified atom stereocenters. The van der Waals surface area contributed by atoms with Crippen LogP contribution in [0.1, 0.15) is 17.6 Å². The summed E-state index contributed by atoms with van der Waals surface area (Å²) in [5.74, 6) is 2.90. The van der Waals surface area contributed by atoms with E-state index >= 15 is 0 Å². The Bertz CT molecular complexity index is 1110. The fraction of sp³-hybridized carbons (Fsp3) is 0.389. The SMILES string of the molecule is CCc1nnc2ccc(N3CCN(c4ncnc5sc(C)cc45)CC3)nn12. The number of aryl methyl sites for hydroxylation is 2. The predicted molar refractivity (Wildman–Crippen MR) is 107 cm³/mol. The first-order valence-electron chi connectivity index (χ1n) is 9.15. The first-order valence-corrected chi connectivity index (χ1v) is 9.97. The lowest BCUT2D eigenvalue weighted by Crippen LogP contribution is -2.47. The van der Waals surface area contributed by atoms with E-state index in [1.54, 1.807) is 17.7 Å². The second-order valence-electron chi connectivity index (χ2n) is 6.68. The van der Waals surface area contributed by atoms with Crippen molar-refractivity contribution in [3.8, 4) is 0 Å². The van der Waals surface area contributed by atoms with Crippen molar-refractivity contribution < 1.29 is 0 Å². The average molecular weight is 380 g/mol. The zero-order chi connectivity index (χ0) is 18.4. The van der Waals surface area contributed by atoms with Crippen LogP contribution in [0.3, 0.4) is 0 Å². The molecule has 1 saturated heterocycles. The van der Waals surface area contributed by atoms with E-state index in [9.17, 15) is 0 Å². The maximum absolute atomic E-state index is 4.76. The lowest BCUT2D eigenvalue weighted by atomic mass is 10.2. The highest BCUT2D eigenvalue weighted by Crippen LogP contribution is 2.30. The van der Waals surface area contributed by atoms with Crippen LogP contribution in [0, 0.1) is 6.92 Å². The zero-order valence-electron chi connectivity index (χ0n) is 15.3. The van der Waals surface area contributed by atoms with Gasteiger partial charge in [0, 0.05) is 37.5 Å². The summed E-state index contributed by atoms with van der Waals surface area (Å²) in [4.78, 5) is 16.0. The summed E-state index contributed by atoms with van der Waals surface area (Å²) in [6.45, 7) is 7.80. The van der Waals surface area contributed by atoms with Gasteiger partial charge in [0.05, 0.1) is 5.39 Å². The van der Waals surface area contributed by atoms with Crippen molar-refractivity contribution >= 4 is 38.8 Å². The van der Waals surface area contributed by atoms with E-state index in [0.29, 0.717) is 0 Å². The van der Waals surface area contributed by atoms with Gasteiger partial charge in [-0.1, -0.05) is 6.92 Å². The van der Waals surface area contributed by atoms with Crippen LogP contribution in [0.2, 0.25) is 0 Å². The smallest absolute Gasteiger partial charge is 0.178 e. The lowest BCUT2D eigenvalue weighted by molar-refractivity contribution is 0.636. The summed E-state index contributed by atoms with van der Waals surface area (Å²) in [5.41, 5.74) is 0.797. The van der Waals surface area contributed by atoms with Gasteiger partial charge in [-0.3, -0.25) is 0 Å². The monoisotopic (exact) mass is 380 g/mol. The van der Waals surface area contributed by atoms with E-state index in [1.165, 1.54) is 4.88 Å². The molecule has 1 aliphatic rings. The molecule has 0 N–H and O–H groups in total. The molecule has 1 fully saturated rings. The van der Waals surface area contributed by atoms with E-state index in [-0.39, 0.29) is 0 Å². The van der Waals surface area contributed by atoms with Crippen molar-refractivity contribution in [2.45, 2.75) is 20.3 Å². The van der Waals surface area contributed by atoms with E-state index < -0.39 is 0 Å². The molecule has 1 aliphatic heterocycles. The van der Waals surface area contributed by atoms with Gasteiger partial charge in [0.1, 0.15) is 22.8 Å². The summed E-state index contributed by atoms with van der Waals surface area (Å²) < 4.78 is 1.85. The van der Waals surface area contributed by atoms with Crippen molar-refractivity contribution in [1.82, 2.24) is 29.8 Å². The summed E-state index contributed by atoms with van der Waals surface area (Å²) in [7, 11) is 0. The topological polar surface area (TPSA) is 75.3 Å². The molecule has 0 aromatic carbocycles. The Kier molecular flexibility index (Phi) is 3.89. The van der Waals surface area contributed by atoms with Crippen LogP contribution < -0.4 is 9.80 Å². The van der Waals surface area contributed by atoms with Gasteiger partial charge in [-0.15, -0.1) is 26.6 Å². The van der Waals surface area contributed by atoms with E-state index in [0.717, 1.165) is 65.9 Å². The van der Waals surface area contributed by atoms with Gasteiger partial charge in [0.25, 0.3) is 0 Å². The number of rotatable bonds is 3. The fourth-order valence-corrected chi connectivity index (χ4v) is 4.42. The molecule has 138 valence electrons. The molecule has 9 heteroatoms. The Hall–Kier alpha value is -2.81. The first kappa shape index (κ1) is 16.4. The Balaban J connectivity index is 1.38. The Morgan fingerprint density at radius 1 is 1.04 bits per heavy atom. The standard InChI is InChI=1S/C18H20N8S/c1-3-14-21-22-15-4-5-16(23-26(14)15)24-6-8-25(9-7-24)17-13-10-12(2)27-18(13)20-11-19-17/h4-5,10-11H,3,6-9H2,1-2H3. The summed E-state index contributed by atoms with van der Waals surface area (Å²) >= 11 is 1.72. The van der Waals surface area contributed by atoms with Crippen LogP contribution in [0.5, 0.6) is 0 Å². The Morgan fingerprint density at radius 3 is 2.67 bits per heavy atom. The van der Waals surface area contributed by atoms with Gasteiger partial charge in [-0.2, -0.15) is 4.52 Å². The molecule has 0 aliphatic carbocycles. The van der Waals surface area contributed by atoms with Gasteiger partial charge >= 0.3 is 0 Å². The number of hydrogen-bond acceptors (Lipinski definition) is 8. The zero-order valence-corrected chi connectivity index (χ0v) is 16.1. The van der Waals surface area contributed by atoms with Crippen molar-refractivity contribution in [2.24, 2.45) is 0 Å². The molecule has 0 atom stereocenters. The van der Waals surface area contributed by atoms with E-state index in [4.69, 9.17) is 5.10 Å². The number of fused-ring (bicyclic) bond motifs is 2. The van der Waals surface area contributed by atoms with E-state index in [2.05, 4.69) is 49.9 Å².